The lowest BCUT2D eigenvalue weighted by Gasteiger charge is -2.04. The van der Waals surface area contributed by atoms with Gasteiger partial charge in [0, 0.05) is 5.69 Å². The molecule has 1 N–H and O–H groups in total. The van der Waals surface area contributed by atoms with E-state index in [1.807, 2.05) is 13.0 Å². The first-order valence-electron chi connectivity index (χ1n) is 3.98. The second-order valence-electron chi connectivity index (χ2n) is 2.90. The summed E-state index contributed by atoms with van der Waals surface area (Å²) >= 11 is 0.603. The second kappa shape index (κ2) is 4.41. The first-order valence-corrected chi connectivity index (χ1v) is 4.86. The zero-order valence-corrected chi connectivity index (χ0v) is 8.64. The third-order valence-corrected chi connectivity index (χ3v) is 2.35. The molecule has 1 atom stereocenters. The second-order valence-corrected chi connectivity index (χ2v) is 3.96. The summed E-state index contributed by atoms with van der Waals surface area (Å²) in [4.78, 5) is 14.3. The lowest BCUT2D eigenvalue weighted by Crippen LogP contribution is -2.09. The number of aryl methyl sites for hydroxylation is 2. The molecule has 1 unspecified atom stereocenters. The quantitative estimate of drug-likeness (QED) is 0.785. The van der Waals surface area contributed by atoms with Gasteiger partial charge in [0.15, 0.2) is 0 Å². The standard InChI is InChI=1S/C9H10FNO2S/c1-5-3-6(2)11-7(4-5)14-8(10)9(12)13/h3-4,8H,1-2H3,(H,12,13). The number of thioether (sulfide) groups is 1. The summed E-state index contributed by atoms with van der Waals surface area (Å²) in [6.07, 6.45) is 0. The van der Waals surface area contributed by atoms with Crippen molar-refractivity contribution in [1.82, 2.24) is 4.98 Å². The van der Waals surface area contributed by atoms with Gasteiger partial charge in [-0.05, 0) is 31.5 Å². The van der Waals surface area contributed by atoms with E-state index in [2.05, 4.69) is 4.98 Å². The molecule has 0 spiro atoms. The zero-order chi connectivity index (χ0) is 10.7. The summed E-state index contributed by atoms with van der Waals surface area (Å²) in [5, 5.41) is 8.76. The Balaban J connectivity index is 2.81. The molecule has 1 aromatic rings. The van der Waals surface area contributed by atoms with Crippen LogP contribution in [0.25, 0.3) is 0 Å². The van der Waals surface area contributed by atoms with Crippen LogP contribution in [-0.4, -0.2) is 21.6 Å². The van der Waals surface area contributed by atoms with Crippen LogP contribution in [0.3, 0.4) is 0 Å². The zero-order valence-electron chi connectivity index (χ0n) is 7.82. The van der Waals surface area contributed by atoms with Crippen LogP contribution < -0.4 is 0 Å². The van der Waals surface area contributed by atoms with E-state index in [9.17, 15) is 9.18 Å². The van der Waals surface area contributed by atoms with Crippen molar-refractivity contribution in [2.45, 2.75) is 24.4 Å². The maximum absolute atomic E-state index is 12.8. The largest absolute Gasteiger partial charge is 0.478 e. The van der Waals surface area contributed by atoms with Crippen molar-refractivity contribution in [2.24, 2.45) is 0 Å². The van der Waals surface area contributed by atoms with Gasteiger partial charge in [-0.3, -0.25) is 0 Å². The molecule has 76 valence electrons. The Hall–Kier alpha value is -1.10. The van der Waals surface area contributed by atoms with Gasteiger partial charge in [-0.2, -0.15) is 0 Å². The number of alkyl halides is 1. The number of pyridine rings is 1. The molecule has 0 aliphatic rings. The maximum atomic E-state index is 12.8. The number of carbonyl (C=O) groups is 1. The Bertz CT molecular complexity index is 336. The van der Waals surface area contributed by atoms with Crippen molar-refractivity contribution in [2.75, 3.05) is 0 Å². The van der Waals surface area contributed by atoms with Crippen LogP contribution in [0.1, 0.15) is 11.3 Å². The summed E-state index contributed by atoms with van der Waals surface area (Å²) in [6.45, 7) is 3.64. The average molecular weight is 215 g/mol. The lowest BCUT2D eigenvalue weighted by atomic mass is 10.3. The molecule has 0 bridgehead atoms. The molecule has 0 amide bonds. The normalized spacial score (nSPS) is 12.5. The molecule has 0 aliphatic heterocycles. The molecule has 0 radical (unpaired) electrons. The molecule has 3 nitrogen and oxygen atoms in total. The van der Waals surface area contributed by atoms with Gasteiger partial charge < -0.3 is 5.11 Å². The molecular formula is C9H10FNO2S. The van der Waals surface area contributed by atoms with Gasteiger partial charge >= 0.3 is 5.97 Å². The summed E-state index contributed by atoms with van der Waals surface area (Å²) in [6, 6.07) is 3.51. The van der Waals surface area contributed by atoms with Crippen molar-refractivity contribution in [3.63, 3.8) is 0 Å². The Morgan fingerprint density at radius 1 is 1.57 bits per heavy atom. The number of hydrogen-bond acceptors (Lipinski definition) is 3. The van der Waals surface area contributed by atoms with E-state index in [1.165, 1.54) is 0 Å². The predicted molar refractivity (Wildman–Crippen MR) is 52.1 cm³/mol. The van der Waals surface area contributed by atoms with E-state index < -0.39 is 11.5 Å². The third kappa shape index (κ3) is 2.99. The molecule has 0 aliphatic carbocycles. The summed E-state index contributed by atoms with van der Waals surface area (Å²) in [7, 11) is 0. The Morgan fingerprint density at radius 2 is 2.21 bits per heavy atom. The number of aliphatic carboxylic acids is 1. The van der Waals surface area contributed by atoms with Crippen molar-refractivity contribution >= 4 is 17.7 Å². The molecular weight excluding hydrogens is 205 g/mol. The van der Waals surface area contributed by atoms with Gasteiger partial charge in [-0.15, -0.1) is 0 Å². The summed E-state index contributed by atoms with van der Waals surface area (Å²) in [5.41, 5.74) is -0.258. The SMILES string of the molecule is Cc1cc(C)nc(SC(F)C(=O)O)c1. The molecule has 0 saturated heterocycles. The van der Waals surface area contributed by atoms with Crippen LogP contribution in [-0.2, 0) is 4.79 Å². The molecule has 1 rings (SSSR count). The molecule has 14 heavy (non-hydrogen) atoms. The number of nitrogens with zero attached hydrogens (tertiary/aromatic N) is 1. The van der Waals surface area contributed by atoms with E-state index >= 15 is 0 Å². The van der Waals surface area contributed by atoms with Crippen LogP contribution in [0.15, 0.2) is 17.2 Å². The van der Waals surface area contributed by atoms with Crippen LogP contribution in [0, 0.1) is 13.8 Å². The molecule has 1 heterocycles. The molecule has 1 aromatic heterocycles. The van der Waals surface area contributed by atoms with E-state index in [-0.39, 0.29) is 0 Å². The molecule has 0 fully saturated rings. The molecule has 0 saturated carbocycles. The average Bonchev–Trinajstić information content (AvgIpc) is 2.01. The van der Waals surface area contributed by atoms with Crippen molar-refractivity contribution in [1.29, 1.82) is 0 Å². The first kappa shape index (κ1) is 11.0. The number of hydrogen-bond donors (Lipinski definition) is 1. The van der Waals surface area contributed by atoms with E-state index in [4.69, 9.17) is 5.11 Å². The number of aromatic nitrogens is 1. The number of carboxylic acids is 1. The summed E-state index contributed by atoms with van der Waals surface area (Å²) in [5.74, 6) is -1.48. The highest BCUT2D eigenvalue weighted by Gasteiger charge is 2.17. The van der Waals surface area contributed by atoms with Crippen molar-refractivity contribution < 1.29 is 14.3 Å². The third-order valence-electron chi connectivity index (χ3n) is 1.49. The maximum Gasteiger partial charge on any atom is 0.349 e. The van der Waals surface area contributed by atoms with Gasteiger partial charge in [0.2, 0.25) is 5.50 Å². The fraction of sp³-hybridized carbons (Fsp3) is 0.333. The van der Waals surface area contributed by atoms with E-state index in [0.29, 0.717) is 16.8 Å². The monoisotopic (exact) mass is 215 g/mol. The van der Waals surface area contributed by atoms with Gasteiger partial charge in [-0.25, -0.2) is 14.2 Å². The first-order chi connectivity index (χ1) is 6.49. The van der Waals surface area contributed by atoms with Crippen LogP contribution in [0.2, 0.25) is 0 Å². The summed E-state index contributed by atoms with van der Waals surface area (Å²) < 4.78 is 12.8. The minimum atomic E-state index is -1.95. The smallest absolute Gasteiger partial charge is 0.349 e. The molecule has 5 heteroatoms. The van der Waals surface area contributed by atoms with Crippen LogP contribution in [0.4, 0.5) is 4.39 Å². The Morgan fingerprint density at radius 3 is 2.71 bits per heavy atom. The highest BCUT2D eigenvalue weighted by Crippen LogP contribution is 2.23. The molecule has 0 aromatic carbocycles. The van der Waals surface area contributed by atoms with Crippen molar-refractivity contribution in [3.8, 4) is 0 Å². The van der Waals surface area contributed by atoms with E-state index in [1.54, 1.807) is 13.0 Å². The topological polar surface area (TPSA) is 50.2 Å². The predicted octanol–water partition coefficient (Wildman–Crippen LogP) is 2.17. The van der Waals surface area contributed by atoms with Crippen LogP contribution >= 0.6 is 11.8 Å². The van der Waals surface area contributed by atoms with E-state index in [0.717, 1.165) is 11.3 Å². The fourth-order valence-electron chi connectivity index (χ4n) is 1.02. The lowest BCUT2D eigenvalue weighted by molar-refractivity contribution is -0.139. The number of rotatable bonds is 3. The van der Waals surface area contributed by atoms with Crippen LogP contribution in [0.5, 0.6) is 0 Å². The van der Waals surface area contributed by atoms with Crippen molar-refractivity contribution in [3.05, 3.63) is 23.4 Å². The highest BCUT2D eigenvalue weighted by atomic mass is 32.2. The van der Waals surface area contributed by atoms with Gasteiger partial charge in [-0.1, -0.05) is 11.8 Å². The van der Waals surface area contributed by atoms with Gasteiger partial charge in [0.1, 0.15) is 0 Å². The minimum absolute atomic E-state index is 0.400. The Kier molecular flexibility index (Phi) is 3.46. The highest BCUT2D eigenvalue weighted by molar-refractivity contribution is 8.00. The van der Waals surface area contributed by atoms with Gasteiger partial charge in [0.05, 0.1) is 5.03 Å². The minimum Gasteiger partial charge on any atom is -0.478 e. The van der Waals surface area contributed by atoms with Gasteiger partial charge in [0.25, 0.3) is 0 Å². The fourth-order valence-corrected chi connectivity index (χ4v) is 1.78. The number of carboxylic acid groups (broad SMARTS) is 1. The number of halogens is 1. The Labute approximate surface area is 85.4 Å².